The van der Waals surface area contributed by atoms with Crippen LogP contribution in [0, 0.1) is 5.82 Å². The minimum Gasteiger partial charge on any atom is -0.315 e. The number of halogens is 1. The smallest absolute Gasteiger partial charge is 0.243 e. The van der Waals surface area contributed by atoms with E-state index >= 15 is 0 Å². The van der Waals surface area contributed by atoms with Gasteiger partial charge in [-0.25, -0.2) is 12.8 Å². The van der Waals surface area contributed by atoms with Gasteiger partial charge in [-0.2, -0.15) is 4.31 Å². The fourth-order valence-corrected chi connectivity index (χ4v) is 4.15. The van der Waals surface area contributed by atoms with E-state index in [1.165, 1.54) is 22.5 Å². The number of sulfonamides is 1. The van der Waals surface area contributed by atoms with Crippen molar-refractivity contribution in [1.29, 1.82) is 0 Å². The first-order valence-electron chi connectivity index (χ1n) is 6.54. The van der Waals surface area contributed by atoms with Gasteiger partial charge in [-0.15, -0.1) is 0 Å². The fraction of sp³-hybridized carbons (Fsp3) is 0.538. The van der Waals surface area contributed by atoms with E-state index < -0.39 is 15.8 Å². The van der Waals surface area contributed by atoms with Gasteiger partial charge in [-0.3, -0.25) is 0 Å². The molecule has 1 atom stereocenters. The van der Waals surface area contributed by atoms with Crippen LogP contribution in [0.1, 0.15) is 19.8 Å². The lowest BCUT2D eigenvalue weighted by Gasteiger charge is -2.27. The summed E-state index contributed by atoms with van der Waals surface area (Å²) in [7, 11) is -3.62. The van der Waals surface area contributed by atoms with Crippen molar-refractivity contribution in [3.8, 4) is 0 Å². The van der Waals surface area contributed by atoms with Crippen LogP contribution in [0.15, 0.2) is 29.2 Å². The van der Waals surface area contributed by atoms with E-state index in [4.69, 9.17) is 0 Å². The lowest BCUT2D eigenvalue weighted by molar-refractivity contribution is 0.335. The second-order valence-corrected chi connectivity index (χ2v) is 6.61. The molecule has 0 spiro atoms. The van der Waals surface area contributed by atoms with Gasteiger partial charge in [0.1, 0.15) is 5.82 Å². The van der Waals surface area contributed by atoms with E-state index in [0.29, 0.717) is 13.1 Å². The van der Waals surface area contributed by atoms with Crippen LogP contribution in [-0.4, -0.2) is 38.4 Å². The summed E-state index contributed by atoms with van der Waals surface area (Å²) in [5.74, 6) is -0.526. The van der Waals surface area contributed by atoms with Gasteiger partial charge >= 0.3 is 0 Å². The summed E-state index contributed by atoms with van der Waals surface area (Å²) in [6.45, 7) is 3.89. The normalized spacial score (nSPS) is 20.1. The highest BCUT2D eigenvalue weighted by Crippen LogP contribution is 2.22. The van der Waals surface area contributed by atoms with Gasteiger partial charge in [0.25, 0.3) is 0 Å². The predicted octanol–water partition coefficient (Wildman–Crippen LogP) is 1.59. The van der Waals surface area contributed by atoms with E-state index in [0.717, 1.165) is 25.5 Å². The summed E-state index contributed by atoms with van der Waals surface area (Å²) in [6, 6.07) is 5.18. The molecule has 1 N–H and O–H groups in total. The van der Waals surface area contributed by atoms with Crippen LogP contribution in [0.3, 0.4) is 0 Å². The lowest BCUT2D eigenvalue weighted by atomic mass is 10.2. The molecule has 0 saturated carbocycles. The predicted molar refractivity (Wildman–Crippen MR) is 71.9 cm³/mol. The van der Waals surface area contributed by atoms with Crippen LogP contribution in [0.4, 0.5) is 4.39 Å². The van der Waals surface area contributed by atoms with Crippen molar-refractivity contribution in [2.45, 2.75) is 30.7 Å². The molecular weight excluding hydrogens is 267 g/mol. The number of rotatable bonds is 5. The molecule has 1 heterocycles. The molecule has 2 rings (SSSR count). The Morgan fingerprint density at radius 1 is 1.47 bits per heavy atom. The van der Waals surface area contributed by atoms with Crippen LogP contribution < -0.4 is 5.32 Å². The van der Waals surface area contributed by atoms with Crippen molar-refractivity contribution in [3.63, 3.8) is 0 Å². The molecule has 6 heteroatoms. The number of hydrogen-bond donors (Lipinski definition) is 1. The fourth-order valence-electron chi connectivity index (χ4n) is 2.37. The molecule has 0 aliphatic carbocycles. The molecule has 19 heavy (non-hydrogen) atoms. The molecule has 0 aromatic heterocycles. The first kappa shape index (κ1) is 14.4. The second kappa shape index (κ2) is 5.98. The van der Waals surface area contributed by atoms with Crippen molar-refractivity contribution in [2.75, 3.05) is 19.6 Å². The van der Waals surface area contributed by atoms with E-state index in [-0.39, 0.29) is 10.9 Å². The van der Waals surface area contributed by atoms with Crippen LogP contribution in [0.2, 0.25) is 0 Å². The molecule has 1 saturated heterocycles. The maximum Gasteiger partial charge on any atom is 0.243 e. The molecule has 1 fully saturated rings. The summed E-state index contributed by atoms with van der Waals surface area (Å²) >= 11 is 0. The second-order valence-electron chi connectivity index (χ2n) is 4.72. The summed E-state index contributed by atoms with van der Waals surface area (Å²) in [5, 5.41) is 3.17. The highest BCUT2D eigenvalue weighted by Gasteiger charge is 2.32. The highest BCUT2D eigenvalue weighted by molar-refractivity contribution is 7.89. The number of nitrogens with one attached hydrogen (secondary N) is 1. The Hall–Kier alpha value is -0.980. The Kier molecular flexibility index (Phi) is 4.54. The van der Waals surface area contributed by atoms with E-state index in [9.17, 15) is 12.8 Å². The average molecular weight is 286 g/mol. The third-order valence-corrected chi connectivity index (χ3v) is 5.24. The van der Waals surface area contributed by atoms with Gasteiger partial charge in [0, 0.05) is 19.1 Å². The van der Waals surface area contributed by atoms with Crippen LogP contribution >= 0.6 is 0 Å². The van der Waals surface area contributed by atoms with Crippen molar-refractivity contribution >= 4 is 10.0 Å². The van der Waals surface area contributed by atoms with Crippen LogP contribution in [-0.2, 0) is 10.0 Å². The first-order chi connectivity index (χ1) is 9.05. The Morgan fingerprint density at radius 3 is 2.84 bits per heavy atom. The van der Waals surface area contributed by atoms with Crippen LogP contribution in [0.25, 0.3) is 0 Å². The van der Waals surface area contributed by atoms with Crippen molar-refractivity contribution < 1.29 is 12.8 Å². The van der Waals surface area contributed by atoms with Gasteiger partial charge in [0.05, 0.1) is 4.90 Å². The van der Waals surface area contributed by atoms with Gasteiger partial charge in [-0.1, -0.05) is 13.0 Å². The monoisotopic (exact) mass is 286 g/mol. The maximum absolute atomic E-state index is 13.2. The van der Waals surface area contributed by atoms with Gasteiger partial charge in [0.2, 0.25) is 10.0 Å². The van der Waals surface area contributed by atoms with Gasteiger partial charge in [0.15, 0.2) is 0 Å². The Morgan fingerprint density at radius 2 is 2.26 bits per heavy atom. The topological polar surface area (TPSA) is 49.4 Å². The third-order valence-electron chi connectivity index (χ3n) is 3.29. The molecule has 1 aromatic rings. The average Bonchev–Trinajstić information content (AvgIpc) is 2.89. The van der Waals surface area contributed by atoms with E-state index in [1.807, 2.05) is 6.92 Å². The van der Waals surface area contributed by atoms with Crippen molar-refractivity contribution in [3.05, 3.63) is 30.1 Å². The Balaban J connectivity index is 2.33. The molecular formula is C13H19FN2O2S. The largest absolute Gasteiger partial charge is 0.315 e. The Labute approximate surface area is 113 Å². The standard InChI is InChI=1S/C13H19FN2O2S/c1-2-8-16(12-6-7-15-10-12)19(17,18)13-5-3-4-11(14)9-13/h3-5,9,12,15H,2,6-8,10H2,1H3. The molecule has 1 aliphatic heterocycles. The van der Waals surface area contributed by atoms with Crippen LogP contribution in [0.5, 0.6) is 0 Å². The molecule has 0 amide bonds. The molecule has 1 aliphatic rings. The molecule has 0 bridgehead atoms. The first-order valence-corrected chi connectivity index (χ1v) is 7.98. The zero-order valence-electron chi connectivity index (χ0n) is 11.0. The lowest BCUT2D eigenvalue weighted by Crippen LogP contribution is -2.42. The molecule has 106 valence electrons. The minimum absolute atomic E-state index is 0.0341. The zero-order valence-corrected chi connectivity index (χ0v) is 11.8. The number of nitrogens with zero attached hydrogens (tertiary/aromatic N) is 1. The quantitative estimate of drug-likeness (QED) is 0.894. The summed E-state index contributed by atoms with van der Waals surface area (Å²) in [4.78, 5) is 0.0350. The summed E-state index contributed by atoms with van der Waals surface area (Å²) < 4.78 is 39.9. The SMILES string of the molecule is CCCN(C1CCNC1)S(=O)(=O)c1cccc(F)c1. The third kappa shape index (κ3) is 3.13. The minimum atomic E-state index is -3.62. The van der Waals surface area contributed by atoms with Crippen molar-refractivity contribution in [2.24, 2.45) is 0 Å². The number of benzene rings is 1. The summed E-state index contributed by atoms with van der Waals surface area (Å²) in [5.41, 5.74) is 0. The van der Waals surface area contributed by atoms with E-state index in [1.54, 1.807) is 0 Å². The number of hydrogen-bond acceptors (Lipinski definition) is 3. The molecule has 1 aromatic carbocycles. The molecule has 1 unspecified atom stereocenters. The van der Waals surface area contributed by atoms with E-state index in [2.05, 4.69) is 5.32 Å². The van der Waals surface area contributed by atoms with Gasteiger partial charge in [-0.05, 0) is 37.6 Å². The van der Waals surface area contributed by atoms with Crippen molar-refractivity contribution in [1.82, 2.24) is 9.62 Å². The highest BCUT2D eigenvalue weighted by atomic mass is 32.2. The maximum atomic E-state index is 13.2. The zero-order chi connectivity index (χ0) is 13.9. The molecule has 0 radical (unpaired) electrons. The Bertz CT molecular complexity index is 527. The summed E-state index contributed by atoms with van der Waals surface area (Å²) in [6.07, 6.45) is 1.54. The van der Waals surface area contributed by atoms with Gasteiger partial charge < -0.3 is 5.32 Å². The molecule has 4 nitrogen and oxygen atoms in total.